The van der Waals surface area contributed by atoms with E-state index >= 15 is 0 Å². The third kappa shape index (κ3) is 10.2. The quantitative estimate of drug-likeness (QED) is 0.0990. The van der Waals surface area contributed by atoms with Gasteiger partial charge in [-0.15, -0.1) is 0 Å². The Bertz CT molecular complexity index is 5760. The van der Waals surface area contributed by atoms with Crippen LogP contribution in [0.5, 0.6) is 0 Å². The molecule has 18 aromatic carbocycles. The van der Waals surface area contributed by atoms with E-state index in [1.807, 2.05) is 36.4 Å². The Kier molecular flexibility index (Phi) is 14.7. The van der Waals surface area contributed by atoms with Crippen LogP contribution in [0.2, 0.25) is 0 Å². The van der Waals surface area contributed by atoms with Crippen molar-refractivity contribution in [2.75, 3.05) is 0 Å². The van der Waals surface area contributed by atoms with E-state index in [4.69, 9.17) is 0 Å². The van der Waals surface area contributed by atoms with Crippen LogP contribution < -0.4 is 5.46 Å². The lowest BCUT2D eigenvalue weighted by atomic mass is 9.72. The van der Waals surface area contributed by atoms with Crippen molar-refractivity contribution in [2.45, 2.75) is 0 Å². The molecule has 92 heavy (non-hydrogen) atoms. The highest BCUT2D eigenvalue weighted by Gasteiger charge is 2.23. The van der Waals surface area contributed by atoms with Gasteiger partial charge in [0.05, 0.1) is 0 Å². The fourth-order valence-corrected chi connectivity index (χ4v) is 14.6. The smallest absolute Gasteiger partial charge is 0.423 e. The molecule has 0 fully saturated rings. The predicted octanol–water partition coefficient (Wildman–Crippen LogP) is 23.4. The molecule has 18 rings (SSSR count). The first-order chi connectivity index (χ1) is 45.4. The van der Waals surface area contributed by atoms with Crippen LogP contribution in [0.25, 0.3) is 163 Å². The molecule has 0 unspecified atom stereocenters. The average molecular weight is 1240 g/mol. The number of hydrogen-bond donors (Lipinski definition) is 2. The van der Waals surface area contributed by atoms with Gasteiger partial charge in [0, 0.05) is 4.47 Å². The van der Waals surface area contributed by atoms with Crippen LogP contribution in [-0.4, -0.2) is 17.2 Å². The van der Waals surface area contributed by atoms with Gasteiger partial charge in [-0.25, -0.2) is 0 Å². The zero-order chi connectivity index (χ0) is 61.7. The van der Waals surface area contributed by atoms with Gasteiger partial charge in [0.15, 0.2) is 0 Å². The summed E-state index contributed by atoms with van der Waals surface area (Å²) in [4.78, 5) is 0. The van der Waals surface area contributed by atoms with Crippen molar-refractivity contribution in [1.82, 2.24) is 0 Å². The second kappa shape index (κ2) is 24.1. The van der Waals surface area contributed by atoms with Crippen LogP contribution in [0.15, 0.2) is 344 Å². The van der Waals surface area contributed by atoms with Crippen LogP contribution in [0.3, 0.4) is 0 Å². The maximum Gasteiger partial charge on any atom is 0.489 e. The molecule has 0 heterocycles. The zero-order valence-electron chi connectivity index (χ0n) is 50.2. The lowest BCUT2D eigenvalue weighted by Gasteiger charge is -2.19. The molecule has 4 heteroatoms. The van der Waals surface area contributed by atoms with Gasteiger partial charge in [-0.05, 0) is 187 Å². The molecule has 0 saturated carbocycles. The van der Waals surface area contributed by atoms with Gasteiger partial charge < -0.3 is 10.0 Å². The molecule has 0 aromatic heterocycles. The maximum absolute atomic E-state index is 10.2. The Hall–Kier alpha value is -11.0. The molecule has 0 aliphatic rings. The van der Waals surface area contributed by atoms with Gasteiger partial charge in [0.25, 0.3) is 0 Å². The standard InChI is InChI=1S/C44H28.C30H21BO2.C14H9Br/c1-2-12-33-28-34(25-22-29(33)10-1)30-20-23-32(24-21-30)43-39-14-5-7-16-41(39)44(42-17-8-6-15-40(42)43)38-19-9-18-36-35-13-4-3-11-31(35)26-27-37(36)38;32-31(33)30-27-11-5-3-9-25(27)29(26-10-4-6-12-28(26)30)22-16-13-21(14-17-22)24-18-15-20-7-1-2-8-23(20)19-24;15-14-7-3-6-12-11-5-2-1-4-10(11)8-9-13(12)14/h1-28H;1-19,32-33H;1-9H. The van der Waals surface area contributed by atoms with Crippen LogP contribution in [0.4, 0.5) is 0 Å². The van der Waals surface area contributed by atoms with Crippen LogP contribution in [0, 0.1) is 0 Å². The Labute approximate surface area is 542 Å². The Balaban J connectivity index is 0.000000123. The van der Waals surface area contributed by atoms with E-state index < -0.39 is 7.12 Å². The first kappa shape index (κ1) is 56.3. The van der Waals surface area contributed by atoms with E-state index in [2.05, 4.69) is 319 Å². The number of benzene rings is 18. The zero-order valence-corrected chi connectivity index (χ0v) is 51.8. The molecule has 2 N–H and O–H groups in total. The normalized spacial score (nSPS) is 11.4. The van der Waals surface area contributed by atoms with Crippen molar-refractivity contribution >= 4 is 136 Å². The molecular formula is C88H58BBrO2. The number of rotatable bonds is 6. The van der Waals surface area contributed by atoms with Crippen molar-refractivity contribution in [2.24, 2.45) is 0 Å². The lowest BCUT2D eigenvalue weighted by Crippen LogP contribution is -2.31. The fourth-order valence-electron chi connectivity index (χ4n) is 14.1. The van der Waals surface area contributed by atoms with Gasteiger partial charge in [0.2, 0.25) is 0 Å². The van der Waals surface area contributed by atoms with E-state index in [0.717, 1.165) is 37.1 Å². The molecular weight excluding hydrogens is 1180 g/mol. The minimum atomic E-state index is -1.54. The maximum atomic E-state index is 10.2. The van der Waals surface area contributed by atoms with Crippen molar-refractivity contribution in [3.8, 4) is 55.6 Å². The highest BCUT2D eigenvalue weighted by Crippen LogP contribution is 2.47. The first-order valence-electron chi connectivity index (χ1n) is 31.3. The number of halogens is 1. The van der Waals surface area contributed by atoms with Gasteiger partial charge in [-0.1, -0.05) is 337 Å². The lowest BCUT2D eigenvalue weighted by molar-refractivity contribution is 0.426. The van der Waals surface area contributed by atoms with Crippen molar-refractivity contribution in [3.05, 3.63) is 344 Å². The highest BCUT2D eigenvalue weighted by atomic mass is 79.9. The topological polar surface area (TPSA) is 40.5 Å². The largest absolute Gasteiger partial charge is 0.489 e. The summed E-state index contributed by atoms with van der Waals surface area (Å²) in [6, 6.07) is 121. The molecule has 0 aliphatic carbocycles. The van der Waals surface area contributed by atoms with Crippen molar-refractivity contribution < 1.29 is 10.0 Å². The Morgan fingerprint density at radius 1 is 0.196 bits per heavy atom. The Morgan fingerprint density at radius 2 is 0.500 bits per heavy atom. The van der Waals surface area contributed by atoms with E-state index in [1.165, 1.54) is 131 Å². The average Bonchev–Trinajstić information content (AvgIpc) is 0.746. The summed E-state index contributed by atoms with van der Waals surface area (Å²) < 4.78 is 1.16. The SMILES string of the molecule is Brc1cccc2c1ccc1ccccc12.OB(O)c1c2ccccc2c(-c2ccc(-c3ccc4ccccc4c3)cc2)c2ccccc12.c1ccc2cc(-c3ccc(-c4c5ccccc5c(-c5cccc6c5ccc5ccccc56)c5ccccc45)cc3)ccc2c1. The second-order valence-corrected chi connectivity index (χ2v) is 24.5. The second-order valence-electron chi connectivity index (χ2n) is 23.7. The Morgan fingerprint density at radius 3 is 0.946 bits per heavy atom. The summed E-state index contributed by atoms with van der Waals surface area (Å²) in [5.74, 6) is 0. The number of fused-ring (bicyclic) bond motifs is 12. The van der Waals surface area contributed by atoms with Gasteiger partial charge >= 0.3 is 7.12 Å². The van der Waals surface area contributed by atoms with Gasteiger partial charge in [-0.2, -0.15) is 0 Å². The van der Waals surface area contributed by atoms with Crippen molar-refractivity contribution in [3.63, 3.8) is 0 Å². The molecule has 18 aromatic rings. The summed E-state index contributed by atoms with van der Waals surface area (Å²) in [5, 5.41) is 44.5. The molecule has 0 bridgehead atoms. The third-order valence-corrected chi connectivity index (χ3v) is 19.2. The monoisotopic (exact) mass is 1240 g/mol. The van der Waals surface area contributed by atoms with E-state index in [1.54, 1.807) is 0 Å². The van der Waals surface area contributed by atoms with Crippen LogP contribution in [0.1, 0.15) is 0 Å². The molecule has 0 saturated heterocycles. The molecule has 0 amide bonds. The van der Waals surface area contributed by atoms with E-state index in [9.17, 15) is 10.0 Å². The van der Waals surface area contributed by atoms with Gasteiger partial charge in [0.1, 0.15) is 0 Å². The summed E-state index contributed by atoms with van der Waals surface area (Å²) in [7, 11) is -1.54. The summed E-state index contributed by atoms with van der Waals surface area (Å²) in [6.45, 7) is 0. The third-order valence-electron chi connectivity index (χ3n) is 18.5. The minimum absolute atomic E-state index is 0.553. The molecule has 2 nitrogen and oxygen atoms in total. The fraction of sp³-hybridized carbons (Fsp3) is 0. The predicted molar refractivity (Wildman–Crippen MR) is 399 cm³/mol. The van der Waals surface area contributed by atoms with E-state index in [-0.39, 0.29) is 0 Å². The van der Waals surface area contributed by atoms with Gasteiger partial charge in [-0.3, -0.25) is 0 Å². The first-order valence-corrected chi connectivity index (χ1v) is 32.1. The number of hydrogen-bond acceptors (Lipinski definition) is 2. The molecule has 0 aliphatic heterocycles. The van der Waals surface area contributed by atoms with Crippen molar-refractivity contribution in [1.29, 1.82) is 0 Å². The van der Waals surface area contributed by atoms with Crippen LogP contribution in [-0.2, 0) is 0 Å². The summed E-state index contributed by atoms with van der Waals surface area (Å²) in [6.07, 6.45) is 0. The highest BCUT2D eigenvalue weighted by molar-refractivity contribution is 9.10. The molecule has 432 valence electrons. The molecule has 0 radical (unpaired) electrons. The minimum Gasteiger partial charge on any atom is -0.423 e. The summed E-state index contributed by atoms with van der Waals surface area (Å²) >= 11 is 3.58. The molecule has 0 spiro atoms. The molecule has 0 atom stereocenters. The van der Waals surface area contributed by atoms with Crippen LogP contribution >= 0.6 is 15.9 Å². The van der Waals surface area contributed by atoms with E-state index in [0.29, 0.717) is 5.46 Å². The summed E-state index contributed by atoms with van der Waals surface area (Å²) in [5.41, 5.74) is 12.7.